The second-order valence-corrected chi connectivity index (χ2v) is 8.74. The Morgan fingerprint density at radius 2 is 1.68 bits per heavy atom. The summed E-state index contributed by atoms with van der Waals surface area (Å²) in [6, 6.07) is 15.9. The topological polar surface area (TPSA) is 113 Å². The Morgan fingerprint density at radius 1 is 1.00 bits per heavy atom. The van der Waals surface area contributed by atoms with Crippen LogP contribution in [-0.2, 0) is 4.79 Å². The first-order chi connectivity index (χ1) is 17.7. The van der Waals surface area contributed by atoms with E-state index in [1.54, 1.807) is 49.6 Å². The molecule has 1 unspecified atom stereocenters. The molecule has 0 radical (unpaired) electrons. The maximum Gasteiger partial charge on any atom is 0.349 e. The molecule has 2 N–H and O–H groups in total. The van der Waals surface area contributed by atoms with Crippen LogP contribution in [0.1, 0.15) is 28.2 Å². The number of benzene rings is 3. The van der Waals surface area contributed by atoms with Crippen LogP contribution in [0.5, 0.6) is 28.7 Å². The number of fused-ring (bicyclic) bond motifs is 1. The van der Waals surface area contributed by atoms with Crippen LogP contribution in [0.3, 0.4) is 0 Å². The van der Waals surface area contributed by atoms with E-state index < -0.39 is 11.9 Å². The number of nitriles is 1. The van der Waals surface area contributed by atoms with Crippen molar-refractivity contribution in [2.45, 2.75) is 19.8 Å². The van der Waals surface area contributed by atoms with Crippen LogP contribution in [0.2, 0.25) is 5.02 Å². The molecule has 190 valence electrons. The highest BCUT2D eigenvalue weighted by Crippen LogP contribution is 2.46. The number of nitrogens with zero attached hydrogens (tertiary/aromatic N) is 1. The number of esters is 1. The van der Waals surface area contributed by atoms with Crippen molar-refractivity contribution in [2.24, 2.45) is 5.73 Å². The van der Waals surface area contributed by atoms with Gasteiger partial charge in [0.2, 0.25) is 5.88 Å². The van der Waals surface area contributed by atoms with E-state index in [4.69, 9.17) is 41.0 Å². The Kier molecular flexibility index (Phi) is 7.46. The molecule has 0 aromatic heterocycles. The fourth-order valence-corrected chi connectivity index (χ4v) is 4.28. The lowest BCUT2D eigenvalue weighted by atomic mass is 9.83. The van der Waals surface area contributed by atoms with Gasteiger partial charge in [0.25, 0.3) is 0 Å². The zero-order valence-electron chi connectivity index (χ0n) is 20.8. The number of nitrogens with two attached hydrogens (primary N) is 1. The second kappa shape index (κ2) is 10.7. The molecule has 0 amide bonds. The lowest BCUT2D eigenvalue weighted by Gasteiger charge is -2.27. The minimum absolute atomic E-state index is 0.0434. The minimum atomic E-state index is -0.601. The molecule has 0 saturated heterocycles. The summed E-state index contributed by atoms with van der Waals surface area (Å²) in [4.78, 5) is 12.5. The number of methoxy groups -OCH3 is 2. The van der Waals surface area contributed by atoms with Crippen LogP contribution < -0.4 is 29.4 Å². The molecule has 8 nitrogen and oxygen atoms in total. The average molecular weight is 521 g/mol. The third-order valence-electron chi connectivity index (χ3n) is 5.94. The number of hydrogen-bond acceptors (Lipinski definition) is 8. The van der Waals surface area contributed by atoms with Gasteiger partial charge in [-0.15, -0.1) is 0 Å². The summed E-state index contributed by atoms with van der Waals surface area (Å²) in [5, 5.41) is 10.5. The molecule has 0 bridgehead atoms. The largest absolute Gasteiger partial charge is 0.497 e. The summed E-state index contributed by atoms with van der Waals surface area (Å²) in [5.74, 6) is 1.05. The number of allylic oxidation sites excluding steroid dienone is 1. The Hall–Kier alpha value is -4.35. The summed E-state index contributed by atoms with van der Waals surface area (Å²) in [5.41, 5.74) is 9.42. The number of aryl methyl sites for hydroxylation is 2. The molecular weight excluding hydrogens is 496 g/mol. The molecule has 1 heterocycles. The normalized spacial score (nSPS) is 14.2. The molecule has 0 saturated carbocycles. The standard InChI is InChI=1S/C28H25ClN2O6/c1-15-9-19(10-16(2)27(15)29)35-14-25(32)36-18-6-8-21-24(12-18)37-28(31)22(13-30)26(21)20-7-5-17(33-3)11-23(20)34-4/h5-12,26H,14,31H2,1-4H3. The third kappa shape index (κ3) is 5.27. The summed E-state index contributed by atoms with van der Waals surface area (Å²) >= 11 is 6.18. The van der Waals surface area contributed by atoms with E-state index in [-0.39, 0.29) is 23.8 Å². The smallest absolute Gasteiger partial charge is 0.349 e. The zero-order chi connectivity index (χ0) is 26.7. The summed E-state index contributed by atoms with van der Waals surface area (Å²) < 4.78 is 27.6. The SMILES string of the molecule is COc1ccc(C2C(C#N)=C(N)Oc3cc(OC(=O)COc4cc(C)c(Cl)c(C)c4)ccc32)c(OC)c1. The molecule has 1 atom stereocenters. The van der Waals surface area contributed by atoms with Crippen LogP contribution in [0.25, 0.3) is 0 Å². The van der Waals surface area contributed by atoms with Gasteiger partial charge in [0.15, 0.2) is 6.61 Å². The van der Waals surface area contributed by atoms with Crippen LogP contribution >= 0.6 is 11.6 Å². The molecule has 0 aliphatic carbocycles. The lowest BCUT2D eigenvalue weighted by molar-refractivity contribution is -0.136. The van der Waals surface area contributed by atoms with Crippen molar-refractivity contribution in [3.05, 3.63) is 87.3 Å². The van der Waals surface area contributed by atoms with E-state index in [1.165, 1.54) is 7.11 Å². The van der Waals surface area contributed by atoms with Crippen molar-refractivity contribution >= 4 is 17.6 Å². The fourth-order valence-electron chi connectivity index (χ4n) is 4.17. The maximum atomic E-state index is 12.5. The number of carbonyl (C=O) groups is 1. The first kappa shape index (κ1) is 25.7. The van der Waals surface area contributed by atoms with Gasteiger partial charge in [-0.2, -0.15) is 5.26 Å². The number of halogens is 1. The van der Waals surface area contributed by atoms with Crippen LogP contribution in [-0.4, -0.2) is 26.8 Å². The molecule has 3 aromatic carbocycles. The van der Waals surface area contributed by atoms with E-state index in [2.05, 4.69) is 6.07 Å². The van der Waals surface area contributed by atoms with Crippen LogP contribution in [0, 0.1) is 25.2 Å². The molecule has 9 heteroatoms. The summed E-state index contributed by atoms with van der Waals surface area (Å²) in [7, 11) is 3.09. The highest BCUT2D eigenvalue weighted by atomic mass is 35.5. The second-order valence-electron chi connectivity index (χ2n) is 8.37. The van der Waals surface area contributed by atoms with Crippen molar-refractivity contribution in [1.82, 2.24) is 0 Å². The van der Waals surface area contributed by atoms with Gasteiger partial charge in [0.05, 0.1) is 20.1 Å². The zero-order valence-corrected chi connectivity index (χ0v) is 21.5. The first-order valence-corrected chi connectivity index (χ1v) is 11.7. The Labute approximate surface area is 219 Å². The third-order valence-corrected chi connectivity index (χ3v) is 6.54. The molecule has 37 heavy (non-hydrogen) atoms. The summed E-state index contributed by atoms with van der Waals surface area (Å²) in [6.45, 7) is 3.42. The predicted octanol–water partition coefficient (Wildman–Crippen LogP) is 5.18. The monoisotopic (exact) mass is 520 g/mol. The van der Waals surface area contributed by atoms with Gasteiger partial charge >= 0.3 is 5.97 Å². The maximum absolute atomic E-state index is 12.5. The van der Waals surface area contributed by atoms with Crippen molar-refractivity contribution < 1.29 is 28.5 Å². The lowest BCUT2D eigenvalue weighted by Crippen LogP contribution is -2.22. The van der Waals surface area contributed by atoms with Crippen molar-refractivity contribution in [3.63, 3.8) is 0 Å². The highest BCUT2D eigenvalue weighted by Gasteiger charge is 2.33. The molecule has 4 rings (SSSR count). The van der Waals surface area contributed by atoms with Crippen LogP contribution in [0.4, 0.5) is 0 Å². The van der Waals surface area contributed by atoms with Crippen LogP contribution in [0.15, 0.2) is 60.0 Å². The van der Waals surface area contributed by atoms with Crippen molar-refractivity contribution in [2.75, 3.05) is 20.8 Å². The molecular formula is C28H25ClN2O6. The van der Waals surface area contributed by atoms with E-state index in [0.29, 0.717) is 39.1 Å². The van der Waals surface area contributed by atoms with Gasteiger partial charge in [-0.25, -0.2) is 4.79 Å². The number of rotatable bonds is 7. The minimum Gasteiger partial charge on any atom is -0.497 e. The van der Waals surface area contributed by atoms with E-state index in [1.807, 2.05) is 19.9 Å². The molecule has 0 fully saturated rings. The van der Waals surface area contributed by atoms with Crippen molar-refractivity contribution in [3.8, 4) is 34.8 Å². The Balaban J connectivity index is 1.58. The first-order valence-electron chi connectivity index (χ1n) is 11.3. The fraction of sp³-hybridized carbons (Fsp3) is 0.214. The van der Waals surface area contributed by atoms with Gasteiger partial charge in [-0.05, 0) is 49.2 Å². The van der Waals surface area contributed by atoms with Gasteiger partial charge in [-0.1, -0.05) is 23.7 Å². The number of ether oxygens (including phenoxy) is 5. The predicted molar refractivity (Wildman–Crippen MR) is 137 cm³/mol. The molecule has 1 aliphatic heterocycles. The van der Waals surface area contributed by atoms with Gasteiger partial charge in [0, 0.05) is 28.3 Å². The average Bonchev–Trinajstić information content (AvgIpc) is 2.89. The Bertz CT molecular complexity index is 1420. The number of carbonyl (C=O) groups excluding carboxylic acids is 1. The Morgan fingerprint density at radius 3 is 2.32 bits per heavy atom. The van der Waals surface area contributed by atoms with Gasteiger partial charge in [-0.3, -0.25) is 0 Å². The number of hydrogen-bond donors (Lipinski definition) is 1. The molecule has 0 spiro atoms. The quantitative estimate of drug-likeness (QED) is 0.335. The highest BCUT2D eigenvalue weighted by molar-refractivity contribution is 6.32. The van der Waals surface area contributed by atoms with E-state index in [9.17, 15) is 10.1 Å². The van der Waals surface area contributed by atoms with Gasteiger partial charge < -0.3 is 29.4 Å². The van der Waals surface area contributed by atoms with E-state index >= 15 is 0 Å². The molecule has 3 aromatic rings. The van der Waals surface area contributed by atoms with Gasteiger partial charge in [0.1, 0.15) is 40.4 Å². The van der Waals surface area contributed by atoms with E-state index in [0.717, 1.165) is 11.1 Å². The molecule has 1 aliphatic rings. The summed E-state index contributed by atoms with van der Waals surface area (Å²) in [6.07, 6.45) is 0. The van der Waals surface area contributed by atoms with Crippen molar-refractivity contribution in [1.29, 1.82) is 5.26 Å².